The molecule has 0 atom stereocenters. The number of benzene rings is 2. The minimum Gasteiger partial charge on any atom is -0.352 e. The van der Waals surface area contributed by atoms with Crippen molar-refractivity contribution in [3.63, 3.8) is 0 Å². The monoisotopic (exact) mass is 316 g/mol. The molecule has 2 amide bonds. The number of hydrogen-bond donors (Lipinski definition) is 2. The molecule has 0 fully saturated rings. The molecule has 0 aliphatic rings. The van der Waals surface area contributed by atoms with Crippen molar-refractivity contribution in [2.75, 3.05) is 11.9 Å². The Morgan fingerprint density at radius 2 is 1.82 bits per heavy atom. The van der Waals surface area contributed by atoms with Crippen LogP contribution in [0.25, 0.3) is 0 Å². The summed E-state index contributed by atoms with van der Waals surface area (Å²) < 4.78 is 0. The molecular formula is C17H17ClN2O2. The molecule has 22 heavy (non-hydrogen) atoms. The van der Waals surface area contributed by atoms with Gasteiger partial charge in [-0.05, 0) is 42.8 Å². The van der Waals surface area contributed by atoms with Crippen LogP contribution in [0.3, 0.4) is 0 Å². The zero-order valence-electron chi connectivity index (χ0n) is 12.2. The van der Waals surface area contributed by atoms with Crippen molar-refractivity contribution in [1.29, 1.82) is 0 Å². The van der Waals surface area contributed by atoms with E-state index in [-0.39, 0.29) is 18.2 Å². The molecule has 0 spiro atoms. The molecular weight excluding hydrogens is 300 g/mol. The van der Waals surface area contributed by atoms with E-state index in [9.17, 15) is 9.59 Å². The Kier molecular flexibility index (Phi) is 5.55. The lowest BCUT2D eigenvalue weighted by atomic mass is 10.1. The van der Waals surface area contributed by atoms with E-state index in [0.29, 0.717) is 22.8 Å². The average molecular weight is 317 g/mol. The largest absolute Gasteiger partial charge is 0.352 e. The number of anilines is 1. The SMILES string of the molecule is CCNC(=O)c1cccc(NC(=O)Cc2ccc(Cl)cc2)c1. The maximum atomic E-state index is 12.0. The first-order valence-electron chi connectivity index (χ1n) is 7.01. The highest BCUT2D eigenvalue weighted by atomic mass is 35.5. The zero-order valence-corrected chi connectivity index (χ0v) is 13.0. The fourth-order valence-corrected chi connectivity index (χ4v) is 2.12. The van der Waals surface area contributed by atoms with Gasteiger partial charge in [0.2, 0.25) is 5.91 Å². The van der Waals surface area contributed by atoms with Crippen molar-refractivity contribution in [3.05, 3.63) is 64.7 Å². The first kappa shape index (κ1) is 16.0. The molecule has 114 valence electrons. The van der Waals surface area contributed by atoms with E-state index in [2.05, 4.69) is 10.6 Å². The molecule has 4 nitrogen and oxygen atoms in total. The van der Waals surface area contributed by atoms with Gasteiger partial charge in [0.25, 0.3) is 5.91 Å². The van der Waals surface area contributed by atoms with Gasteiger partial charge in [0, 0.05) is 22.8 Å². The molecule has 0 heterocycles. The molecule has 0 aliphatic heterocycles. The molecule has 0 aromatic heterocycles. The predicted molar refractivity (Wildman–Crippen MR) is 88.2 cm³/mol. The van der Waals surface area contributed by atoms with Crippen LogP contribution in [0.1, 0.15) is 22.8 Å². The van der Waals surface area contributed by atoms with Gasteiger partial charge in [-0.15, -0.1) is 0 Å². The summed E-state index contributed by atoms with van der Waals surface area (Å²) in [5.74, 6) is -0.299. The number of amides is 2. The Balaban J connectivity index is 2.00. The van der Waals surface area contributed by atoms with Gasteiger partial charge < -0.3 is 10.6 Å². The van der Waals surface area contributed by atoms with Crippen LogP contribution in [0.5, 0.6) is 0 Å². The average Bonchev–Trinajstić information content (AvgIpc) is 2.50. The van der Waals surface area contributed by atoms with Crippen molar-refractivity contribution in [3.8, 4) is 0 Å². The Labute approximate surface area is 134 Å². The zero-order chi connectivity index (χ0) is 15.9. The Morgan fingerprint density at radius 3 is 2.50 bits per heavy atom. The van der Waals surface area contributed by atoms with E-state index in [1.807, 2.05) is 19.1 Å². The van der Waals surface area contributed by atoms with Crippen LogP contribution in [0.2, 0.25) is 5.02 Å². The summed E-state index contributed by atoms with van der Waals surface area (Å²) in [5.41, 5.74) is 2.00. The fourth-order valence-electron chi connectivity index (χ4n) is 1.99. The van der Waals surface area contributed by atoms with E-state index >= 15 is 0 Å². The lowest BCUT2D eigenvalue weighted by Gasteiger charge is -2.08. The van der Waals surface area contributed by atoms with Gasteiger partial charge in [0.1, 0.15) is 0 Å². The summed E-state index contributed by atoms with van der Waals surface area (Å²) in [5, 5.41) is 6.15. The Hall–Kier alpha value is -2.33. The number of halogens is 1. The minimum absolute atomic E-state index is 0.143. The quantitative estimate of drug-likeness (QED) is 0.889. The Bertz CT molecular complexity index is 669. The number of rotatable bonds is 5. The van der Waals surface area contributed by atoms with E-state index in [4.69, 9.17) is 11.6 Å². The molecule has 0 saturated carbocycles. The molecule has 2 rings (SSSR count). The molecule has 0 radical (unpaired) electrons. The summed E-state index contributed by atoms with van der Waals surface area (Å²) in [4.78, 5) is 23.8. The molecule has 2 N–H and O–H groups in total. The molecule has 0 saturated heterocycles. The third-order valence-electron chi connectivity index (χ3n) is 3.02. The standard InChI is InChI=1S/C17H17ClN2O2/c1-2-19-17(22)13-4-3-5-15(11-13)20-16(21)10-12-6-8-14(18)9-7-12/h3-9,11H,2,10H2,1H3,(H,19,22)(H,20,21). The summed E-state index contributed by atoms with van der Waals surface area (Å²) in [6.07, 6.45) is 0.253. The number of carbonyl (C=O) groups excluding carboxylic acids is 2. The molecule has 0 bridgehead atoms. The van der Waals surface area contributed by atoms with E-state index < -0.39 is 0 Å². The summed E-state index contributed by atoms with van der Waals surface area (Å²) in [7, 11) is 0. The van der Waals surface area contributed by atoms with E-state index in [0.717, 1.165) is 5.56 Å². The van der Waals surface area contributed by atoms with E-state index in [1.165, 1.54) is 0 Å². The maximum absolute atomic E-state index is 12.0. The molecule has 0 unspecified atom stereocenters. The van der Waals surface area contributed by atoms with Crippen LogP contribution in [-0.4, -0.2) is 18.4 Å². The summed E-state index contributed by atoms with van der Waals surface area (Å²) in [6, 6.07) is 14.0. The van der Waals surface area contributed by atoms with Crippen LogP contribution < -0.4 is 10.6 Å². The lowest BCUT2D eigenvalue weighted by molar-refractivity contribution is -0.115. The van der Waals surface area contributed by atoms with Gasteiger partial charge >= 0.3 is 0 Å². The fraction of sp³-hybridized carbons (Fsp3) is 0.176. The van der Waals surface area contributed by atoms with Gasteiger partial charge in [-0.2, -0.15) is 0 Å². The van der Waals surface area contributed by atoms with Gasteiger partial charge in [-0.3, -0.25) is 9.59 Å². The van der Waals surface area contributed by atoms with Crippen LogP contribution in [0.4, 0.5) is 5.69 Å². The predicted octanol–water partition coefficient (Wildman–Crippen LogP) is 3.27. The highest BCUT2D eigenvalue weighted by Gasteiger charge is 2.07. The van der Waals surface area contributed by atoms with Crippen molar-refractivity contribution in [2.24, 2.45) is 0 Å². The van der Waals surface area contributed by atoms with Crippen molar-refractivity contribution >= 4 is 29.1 Å². The highest BCUT2D eigenvalue weighted by molar-refractivity contribution is 6.30. The first-order valence-corrected chi connectivity index (χ1v) is 7.39. The normalized spacial score (nSPS) is 10.1. The van der Waals surface area contributed by atoms with Gasteiger partial charge in [0.15, 0.2) is 0 Å². The second kappa shape index (κ2) is 7.61. The summed E-state index contributed by atoms with van der Waals surface area (Å²) in [6.45, 7) is 2.42. The van der Waals surface area contributed by atoms with Gasteiger partial charge in [0.05, 0.1) is 6.42 Å². The van der Waals surface area contributed by atoms with Crippen molar-refractivity contribution in [2.45, 2.75) is 13.3 Å². The topological polar surface area (TPSA) is 58.2 Å². The number of hydrogen-bond acceptors (Lipinski definition) is 2. The second-order valence-corrected chi connectivity index (χ2v) is 5.23. The molecule has 2 aromatic rings. The van der Waals surface area contributed by atoms with E-state index in [1.54, 1.807) is 36.4 Å². The minimum atomic E-state index is -0.156. The highest BCUT2D eigenvalue weighted by Crippen LogP contribution is 2.13. The number of carbonyl (C=O) groups is 2. The third-order valence-corrected chi connectivity index (χ3v) is 3.28. The Morgan fingerprint density at radius 1 is 1.09 bits per heavy atom. The van der Waals surface area contributed by atoms with Gasteiger partial charge in [-0.25, -0.2) is 0 Å². The van der Waals surface area contributed by atoms with Crippen LogP contribution >= 0.6 is 11.6 Å². The molecule has 5 heteroatoms. The van der Waals surface area contributed by atoms with Crippen molar-refractivity contribution < 1.29 is 9.59 Å². The maximum Gasteiger partial charge on any atom is 0.251 e. The lowest BCUT2D eigenvalue weighted by Crippen LogP contribution is -2.23. The van der Waals surface area contributed by atoms with Crippen LogP contribution in [0.15, 0.2) is 48.5 Å². The summed E-state index contributed by atoms with van der Waals surface area (Å²) >= 11 is 5.81. The molecule has 0 aliphatic carbocycles. The van der Waals surface area contributed by atoms with Crippen molar-refractivity contribution in [1.82, 2.24) is 5.32 Å². The smallest absolute Gasteiger partial charge is 0.251 e. The third kappa shape index (κ3) is 4.60. The molecule has 2 aromatic carbocycles. The first-order chi connectivity index (χ1) is 10.6. The van der Waals surface area contributed by atoms with Crippen LogP contribution in [0, 0.1) is 0 Å². The van der Waals surface area contributed by atoms with Gasteiger partial charge in [-0.1, -0.05) is 29.8 Å². The number of nitrogens with one attached hydrogen (secondary N) is 2. The second-order valence-electron chi connectivity index (χ2n) is 4.79. The van der Waals surface area contributed by atoms with Crippen LogP contribution in [-0.2, 0) is 11.2 Å².